The summed E-state index contributed by atoms with van der Waals surface area (Å²) in [6.07, 6.45) is 2.12. The number of aromatic nitrogens is 1. The van der Waals surface area contributed by atoms with Crippen LogP contribution in [-0.2, 0) is 0 Å². The van der Waals surface area contributed by atoms with Crippen LogP contribution >= 0.6 is 11.8 Å². The van der Waals surface area contributed by atoms with Gasteiger partial charge in [0.25, 0.3) is 0 Å². The first-order valence-corrected chi connectivity index (χ1v) is 9.60. The fraction of sp³-hybridized carbons (Fsp3) is 0.0909. The molecule has 2 N–H and O–H groups in total. The van der Waals surface area contributed by atoms with Crippen LogP contribution in [0.4, 0.5) is 5.69 Å². The van der Waals surface area contributed by atoms with Crippen molar-refractivity contribution in [3.63, 3.8) is 0 Å². The van der Waals surface area contributed by atoms with Gasteiger partial charge in [0.2, 0.25) is 0 Å². The Balaban J connectivity index is 1.89. The van der Waals surface area contributed by atoms with E-state index in [-0.39, 0.29) is 6.04 Å². The second kappa shape index (κ2) is 7.08. The fourth-order valence-electron chi connectivity index (χ4n) is 3.26. The number of aromatic amines is 1. The lowest BCUT2D eigenvalue weighted by Gasteiger charge is -2.22. The van der Waals surface area contributed by atoms with Gasteiger partial charge in [-0.05, 0) is 30.0 Å². The highest BCUT2D eigenvalue weighted by Crippen LogP contribution is 2.38. The molecular weight excluding hydrogens is 324 g/mol. The molecule has 0 fully saturated rings. The monoisotopic (exact) mass is 344 g/mol. The minimum absolute atomic E-state index is 0.0854. The molecule has 0 aliphatic rings. The Morgan fingerprint density at radius 3 is 2.16 bits per heavy atom. The summed E-state index contributed by atoms with van der Waals surface area (Å²) in [6, 6.07) is 29.6. The van der Waals surface area contributed by atoms with Crippen LogP contribution in [0.1, 0.15) is 17.2 Å². The average Bonchev–Trinajstić information content (AvgIpc) is 3.06. The molecule has 3 aromatic carbocycles. The molecule has 0 bridgehead atoms. The summed E-state index contributed by atoms with van der Waals surface area (Å²) >= 11 is 1.76. The van der Waals surface area contributed by atoms with Gasteiger partial charge in [0.15, 0.2) is 0 Å². The SMILES string of the molecule is CSc1[nH]c2ccccc2c1[C@@H](Nc1ccccc1)c1ccccc1. The molecular formula is C22H20N2S. The summed E-state index contributed by atoms with van der Waals surface area (Å²) in [5, 5.41) is 6.21. The first-order valence-electron chi connectivity index (χ1n) is 8.38. The summed E-state index contributed by atoms with van der Waals surface area (Å²) in [5.41, 5.74) is 4.86. The van der Waals surface area contributed by atoms with Crippen LogP contribution in [0.5, 0.6) is 0 Å². The van der Waals surface area contributed by atoms with Crippen molar-refractivity contribution in [2.24, 2.45) is 0 Å². The van der Waals surface area contributed by atoms with E-state index < -0.39 is 0 Å². The minimum atomic E-state index is 0.0854. The highest BCUT2D eigenvalue weighted by atomic mass is 32.2. The summed E-state index contributed by atoms with van der Waals surface area (Å²) < 4.78 is 0. The largest absolute Gasteiger partial charge is 0.374 e. The zero-order valence-electron chi connectivity index (χ0n) is 14.1. The molecule has 0 spiro atoms. The van der Waals surface area contributed by atoms with E-state index in [0.29, 0.717) is 0 Å². The maximum Gasteiger partial charge on any atom is 0.0799 e. The molecule has 0 aliphatic carbocycles. The van der Waals surface area contributed by atoms with E-state index in [0.717, 1.165) is 5.69 Å². The molecule has 4 rings (SSSR count). The minimum Gasteiger partial charge on any atom is -0.374 e. The highest BCUT2D eigenvalue weighted by molar-refractivity contribution is 7.98. The Labute approximate surface area is 152 Å². The number of hydrogen-bond donors (Lipinski definition) is 2. The normalized spacial score (nSPS) is 12.2. The third-order valence-electron chi connectivity index (χ3n) is 4.42. The second-order valence-corrected chi connectivity index (χ2v) is 6.79. The van der Waals surface area contributed by atoms with Crippen molar-refractivity contribution in [1.29, 1.82) is 0 Å². The van der Waals surface area contributed by atoms with E-state index in [9.17, 15) is 0 Å². The number of hydrogen-bond acceptors (Lipinski definition) is 2. The lowest BCUT2D eigenvalue weighted by atomic mass is 9.97. The van der Waals surface area contributed by atoms with Crippen molar-refractivity contribution in [2.45, 2.75) is 11.1 Å². The maximum absolute atomic E-state index is 3.73. The Hall–Kier alpha value is -2.65. The van der Waals surface area contributed by atoms with E-state index in [1.54, 1.807) is 11.8 Å². The van der Waals surface area contributed by atoms with Crippen molar-refractivity contribution in [1.82, 2.24) is 4.98 Å². The Morgan fingerprint density at radius 1 is 0.800 bits per heavy atom. The number of nitrogens with one attached hydrogen (secondary N) is 2. The summed E-state index contributed by atoms with van der Waals surface area (Å²) in [6.45, 7) is 0. The number of benzene rings is 3. The van der Waals surface area contributed by atoms with Gasteiger partial charge >= 0.3 is 0 Å². The van der Waals surface area contributed by atoms with Crippen molar-refractivity contribution in [3.05, 3.63) is 96.1 Å². The molecule has 1 aromatic heterocycles. The summed E-state index contributed by atoms with van der Waals surface area (Å²) in [4.78, 5) is 3.57. The molecule has 0 amide bonds. The van der Waals surface area contributed by atoms with Crippen molar-refractivity contribution < 1.29 is 0 Å². The van der Waals surface area contributed by atoms with Crippen LogP contribution in [0, 0.1) is 0 Å². The van der Waals surface area contributed by atoms with Crippen LogP contribution in [0.3, 0.4) is 0 Å². The van der Waals surface area contributed by atoms with Gasteiger partial charge < -0.3 is 10.3 Å². The van der Waals surface area contributed by atoms with Crippen LogP contribution in [-0.4, -0.2) is 11.2 Å². The molecule has 1 heterocycles. The van der Waals surface area contributed by atoms with E-state index in [4.69, 9.17) is 0 Å². The molecule has 0 aliphatic heterocycles. The number of rotatable bonds is 5. The lowest BCUT2D eigenvalue weighted by Crippen LogP contribution is -2.12. The number of anilines is 1. The topological polar surface area (TPSA) is 27.8 Å². The molecule has 2 nitrogen and oxygen atoms in total. The molecule has 25 heavy (non-hydrogen) atoms. The van der Waals surface area contributed by atoms with Crippen molar-refractivity contribution >= 4 is 28.4 Å². The van der Waals surface area contributed by atoms with Gasteiger partial charge in [-0.25, -0.2) is 0 Å². The second-order valence-electron chi connectivity index (χ2n) is 5.97. The zero-order chi connectivity index (χ0) is 17.1. The van der Waals surface area contributed by atoms with E-state index in [1.165, 1.54) is 27.1 Å². The number of thioether (sulfide) groups is 1. The van der Waals surface area contributed by atoms with Crippen molar-refractivity contribution in [3.8, 4) is 0 Å². The number of fused-ring (bicyclic) bond motifs is 1. The van der Waals surface area contributed by atoms with Crippen LogP contribution in [0.25, 0.3) is 10.9 Å². The van der Waals surface area contributed by atoms with Gasteiger partial charge in [0, 0.05) is 22.2 Å². The van der Waals surface area contributed by atoms with Gasteiger partial charge in [-0.15, -0.1) is 11.8 Å². The van der Waals surface area contributed by atoms with E-state index >= 15 is 0 Å². The predicted molar refractivity (Wildman–Crippen MR) is 108 cm³/mol. The maximum atomic E-state index is 3.73. The van der Waals surface area contributed by atoms with Gasteiger partial charge in [-0.3, -0.25) is 0 Å². The Bertz CT molecular complexity index is 961. The van der Waals surface area contributed by atoms with Crippen LogP contribution in [0.2, 0.25) is 0 Å². The third-order valence-corrected chi connectivity index (χ3v) is 5.15. The molecule has 0 saturated carbocycles. The Morgan fingerprint density at radius 2 is 1.44 bits per heavy atom. The molecule has 0 saturated heterocycles. The fourth-order valence-corrected chi connectivity index (χ4v) is 3.91. The number of para-hydroxylation sites is 2. The average molecular weight is 344 g/mol. The molecule has 0 unspecified atom stereocenters. The molecule has 0 radical (unpaired) electrons. The summed E-state index contributed by atoms with van der Waals surface area (Å²) in [5.74, 6) is 0. The quantitative estimate of drug-likeness (QED) is 0.429. The third kappa shape index (κ3) is 3.15. The molecule has 4 aromatic rings. The smallest absolute Gasteiger partial charge is 0.0799 e. The molecule has 124 valence electrons. The first kappa shape index (κ1) is 15.9. The van der Waals surface area contributed by atoms with E-state index in [2.05, 4.69) is 95.4 Å². The van der Waals surface area contributed by atoms with Crippen LogP contribution < -0.4 is 5.32 Å². The van der Waals surface area contributed by atoms with Crippen LogP contribution in [0.15, 0.2) is 90.0 Å². The zero-order valence-corrected chi connectivity index (χ0v) is 14.9. The van der Waals surface area contributed by atoms with Gasteiger partial charge in [-0.2, -0.15) is 0 Å². The van der Waals surface area contributed by atoms with E-state index in [1.807, 2.05) is 6.07 Å². The lowest BCUT2D eigenvalue weighted by molar-refractivity contribution is 0.912. The number of H-pyrrole nitrogens is 1. The highest BCUT2D eigenvalue weighted by Gasteiger charge is 2.22. The van der Waals surface area contributed by atoms with Gasteiger partial charge in [0.05, 0.1) is 11.1 Å². The summed E-state index contributed by atoms with van der Waals surface area (Å²) in [7, 11) is 0. The first-order chi connectivity index (χ1) is 12.4. The molecule has 3 heteroatoms. The standard InChI is InChI=1S/C22H20N2S/c1-25-22-20(18-14-8-9-15-19(18)24-22)21(16-10-4-2-5-11-16)23-17-12-6-3-7-13-17/h2-15,21,23-24H,1H3/t21-/m0/s1. The van der Waals surface area contributed by atoms with Crippen molar-refractivity contribution in [2.75, 3.05) is 11.6 Å². The van der Waals surface area contributed by atoms with Gasteiger partial charge in [-0.1, -0.05) is 66.7 Å². The van der Waals surface area contributed by atoms with Gasteiger partial charge in [0.1, 0.15) is 0 Å². The predicted octanol–water partition coefficient (Wildman–Crippen LogP) is 6.09. The Kier molecular flexibility index (Phi) is 4.49. The molecule has 1 atom stereocenters.